The van der Waals surface area contributed by atoms with Crippen LogP contribution in [-0.4, -0.2) is 22.1 Å². The van der Waals surface area contributed by atoms with Gasteiger partial charge < -0.3 is 9.88 Å². The maximum Gasteiger partial charge on any atom is 0.0954 e. The topological polar surface area (TPSA) is 29.9 Å². The van der Waals surface area contributed by atoms with Crippen LogP contribution in [0.1, 0.15) is 36.4 Å². The third-order valence-corrected chi connectivity index (χ3v) is 3.69. The predicted molar refractivity (Wildman–Crippen MR) is 84.1 cm³/mol. The summed E-state index contributed by atoms with van der Waals surface area (Å²) < 4.78 is 2.20. The molecule has 2 aromatic rings. The van der Waals surface area contributed by atoms with Gasteiger partial charge in [-0.3, -0.25) is 0 Å². The molecule has 0 saturated heterocycles. The standard InChI is InChI=1S/C17H25N3/c1-13(2)18-10-9-16-5-7-17(8-6-16)11-20-12-19-14(3)15(20)4/h5-8,12-13,18H,9-11H2,1-4H3. The molecule has 0 aliphatic carbocycles. The number of aromatic nitrogens is 2. The zero-order valence-corrected chi connectivity index (χ0v) is 13.0. The Morgan fingerprint density at radius 1 is 1.10 bits per heavy atom. The molecule has 1 aromatic heterocycles. The summed E-state index contributed by atoms with van der Waals surface area (Å²) in [7, 11) is 0. The zero-order valence-electron chi connectivity index (χ0n) is 13.0. The molecular weight excluding hydrogens is 246 g/mol. The molecule has 0 aliphatic rings. The van der Waals surface area contributed by atoms with Gasteiger partial charge in [-0.1, -0.05) is 38.1 Å². The largest absolute Gasteiger partial charge is 0.330 e. The van der Waals surface area contributed by atoms with Crippen LogP contribution in [0.3, 0.4) is 0 Å². The fraction of sp³-hybridized carbons (Fsp3) is 0.471. The van der Waals surface area contributed by atoms with Crippen molar-refractivity contribution in [2.24, 2.45) is 0 Å². The quantitative estimate of drug-likeness (QED) is 0.875. The maximum absolute atomic E-state index is 4.34. The molecule has 1 heterocycles. The summed E-state index contributed by atoms with van der Waals surface area (Å²) in [4.78, 5) is 4.34. The van der Waals surface area contributed by atoms with E-state index in [2.05, 4.69) is 66.8 Å². The normalized spacial score (nSPS) is 11.2. The summed E-state index contributed by atoms with van der Waals surface area (Å²) in [6, 6.07) is 9.47. The molecule has 2 rings (SSSR count). The van der Waals surface area contributed by atoms with Crippen LogP contribution < -0.4 is 5.32 Å². The molecule has 0 unspecified atom stereocenters. The van der Waals surface area contributed by atoms with Crippen molar-refractivity contribution in [2.45, 2.75) is 46.7 Å². The number of nitrogens with zero attached hydrogens (tertiary/aromatic N) is 2. The van der Waals surface area contributed by atoms with Crippen molar-refractivity contribution in [3.63, 3.8) is 0 Å². The molecule has 0 bridgehead atoms. The smallest absolute Gasteiger partial charge is 0.0954 e. The number of hydrogen-bond donors (Lipinski definition) is 1. The molecule has 0 aliphatic heterocycles. The number of rotatable bonds is 6. The van der Waals surface area contributed by atoms with Gasteiger partial charge in [0.2, 0.25) is 0 Å². The van der Waals surface area contributed by atoms with Crippen LogP contribution >= 0.6 is 0 Å². The van der Waals surface area contributed by atoms with Crippen molar-refractivity contribution in [1.29, 1.82) is 0 Å². The van der Waals surface area contributed by atoms with Crippen LogP contribution in [0.2, 0.25) is 0 Å². The number of aryl methyl sites for hydroxylation is 1. The second-order valence-corrected chi connectivity index (χ2v) is 5.72. The molecular formula is C17H25N3. The molecule has 1 N–H and O–H groups in total. The summed E-state index contributed by atoms with van der Waals surface area (Å²) in [6.07, 6.45) is 3.01. The maximum atomic E-state index is 4.34. The number of benzene rings is 1. The first-order chi connectivity index (χ1) is 9.56. The lowest BCUT2D eigenvalue weighted by molar-refractivity contribution is 0.590. The molecule has 0 spiro atoms. The van der Waals surface area contributed by atoms with E-state index in [0.717, 1.165) is 25.2 Å². The van der Waals surface area contributed by atoms with Crippen molar-refractivity contribution in [3.05, 3.63) is 53.1 Å². The zero-order chi connectivity index (χ0) is 14.5. The SMILES string of the molecule is Cc1ncn(Cc2ccc(CCNC(C)C)cc2)c1C. The molecule has 0 radical (unpaired) electrons. The van der Waals surface area contributed by atoms with E-state index in [0.29, 0.717) is 6.04 Å². The van der Waals surface area contributed by atoms with Gasteiger partial charge >= 0.3 is 0 Å². The lowest BCUT2D eigenvalue weighted by Gasteiger charge is -2.09. The van der Waals surface area contributed by atoms with E-state index in [4.69, 9.17) is 0 Å². The fourth-order valence-electron chi connectivity index (χ4n) is 2.22. The van der Waals surface area contributed by atoms with E-state index in [1.807, 2.05) is 6.33 Å². The van der Waals surface area contributed by atoms with Gasteiger partial charge in [0, 0.05) is 18.3 Å². The van der Waals surface area contributed by atoms with E-state index >= 15 is 0 Å². The van der Waals surface area contributed by atoms with Crippen LogP contribution in [0.15, 0.2) is 30.6 Å². The summed E-state index contributed by atoms with van der Waals surface area (Å²) in [5.41, 5.74) is 5.07. The first-order valence-electron chi connectivity index (χ1n) is 7.36. The van der Waals surface area contributed by atoms with Crippen LogP contribution in [0.5, 0.6) is 0 Å². The minimum absolute atomic E-state index is 0.557. The predicted octanol–water partition coefficient (Wildman–Crippen LogP) is 3.09. The first kappa shape index (κ1) is 14.8. The lowest BCUT2D eigenvalue weighted by Crippen LogP contribution is -2.24. The molecule has 108 valence electrons. The van der Waals surface area contributed by atoms with E-state index in [-0.39, 0.29) is 0 Å². The van der Waals surface area contributed by atoms with Crippen LogP contribution in [0, 0.1) is 13.8 Å². The monoisotopic (exact) mass is 271 g/mol. The van der Waals surface area contributed by atoms with Crippen molar-refractivity contribution >= 4 is 0 Å². The van der Waals surface area contributed by atoms with Crippen molar-refractivity contribution in [2.75, 3.05) is 6.54 Å². The molecule has 0 atom stereocenters. The van der Waals surface area contributed by atoms with E-state index in [1.165, 1.54) is 16.8 Å². The highest BCUT2D eigenvalue weighted by atomic mass is 15.0. The van der Waals surface area contributed by atoms with Crippen LogP contribution in [-0.2, 0) is 13.0 Å². The Kier molecular flexibility index (Phi) is 4.96. The van der Waals surface area contributed by atoms with Crippen molar-refractivity contribution in [3.8, 4) is 0 Å². The van der Waals surface area contributed by atoms with Gasteiger partial charge in [-0.05, 0) is 37.9 Å². The van der Waals surface area contributed by atoms with Crippen molar-refractivity contribution < 1.29 is 0 Å². The van der Waals surface area contributed by atoms with Gasteiger partial charge in [0.15, 0.2) is 0 Å². The average molecular weight is 271 g/mol. The number of nitrogens with one attached hydrogen (secondary N) is 1. The Balaban J connectivity index is 1.93. The second kappa shape index (κ2) is 6.71. The highest BCUT2D eigenvalue weighted by Crippen LogP contribution is 2.10. The Hall–Kier alpha value is -1.61. The molecule has 1 aromatic carbocycles. The van der Waals surface area contributed by atoms with E-state index in [9.17, 15) is 0 Å². The average Bonchev–Trinajstić information content (AvgIpc) is 2.72. The molecule has 3 nitrogen and oxygen atoms in total. The summed E-state index contributed by atoms with van der Waals surface area (Å²) >= 11 is 0. The number of hydrogen-bond acceptors (Lipinski definition) is 2. The Morgan fingerprint density at radius 3 is 2.30 bits per heavy atom. The van der Waals surface area contributed by atoms with Gasteiger partial charge in [0.25, 0.3) is 0 Å². The minimum Gasteiger partial charge on any atom is -0.330 e. The van der Waals surface area contributed by atoms with E-state index in [1.54, 1.807) is 0 Å². The van der Waals surface area contributed by atoms with Gasteiger partial charge in [-0.25, -0.2) is 4.98 Å². The number of imidazole rings is 1. The Labute approximate surface area is 122 Å². The molecule has 3 heteroatoms. The summed E-state index contributed by atoms with van der Waals surface area (Å²) in [5, 5.41) is 3.45. The summed E-state index contributed by atoms with van der Waals surface area (Å²) in [5.74, 6) is 0. The van der Waals surface area contributed by atoms with Gasteiger partial charge in [0.1, 0.15) is 0 Å². The van der Waals surface area contributed by atoms with Crippen LogP contribution in [0.25, 0.3) is 0 Å². The van der Waals surface area contributed by atoms with Gasteiger partial charge in [0.05, 0.1) is 12.0 Å². The molecule has 20 heavy (non-hydrogen) atoms. The van der Waals surface area contributed by atoms with Crippen LogP contribution in [0.4, 0.5) is 0 Å². The van der Waals surface area contributed by atoms with Crippen molar-refractivity contribution in [1.82, 2.24) is 14.9 Å². The van der Waals surface area contributed by atoms with Gasteiger partial charge in [-0.2, -0.15) is 0 Å². The second-order valence-electron chi connectivity index (χ2n) is 5.72. The highest BCUT2D eigenvalue weighted by molar-refractivity contribution is 5.24. The molecule has 0 amide bonds. The minimum atomic E-state index is 0.557. The first-order valence-corrected chi connectivity index (χ1v) is 7.36. The summed E-state index contributed by atoms with van der Waals surface area (Å²) in [6.45, 7) is 10.5. The molecule has 0 fully saturated rings. The van der Waals surface area contributed by atoms with E-state index < -0.39 is 0 Å². The highest BCUT2D eigenvalue weighted by Gasteiger charge is 2.03. The fourth-order valence-corrected chi connectivity index (χ4v) is 2.22. The Bertz CT molecular complexity index is 538. The lowest BCUT2D eigenvalue weighted by atomic mass is 10.1. The van der Waals surface area contributed by atoms with Gasteiger partial charge in [-0.15, -0.1) is 0 Å². The Morgan fingerprint density at radius 2 is 1.75 bits per heavy atom. The third-order valence-electron chi connectivity index (χ3n) is 3.69. The third kappa shape index (κ3) is 3.94. The molecule has 0 saturated carbocycles.